The van der Waals surface area contributed by atoms with Gasteiger partial charge in [-0.25, -0.2) is 4.79 Å². The number of amides is 2. The first-order chi connectivity index (χ1) is 12.0. The first-order valence-corrected chi connectivity index (χ1v) is 7.23. The van der Waals surface area contributed by atoms with Crippen molar-refractivity contribution in [1.29, 1.82) is 0 Å². The highest BCUT2D eigenvalue weighted by atomic mass is 16.6. The van der Waals surface area contributed by atoms with Crippen molar-refractivity contribution in [3.05, 3.63) is 54.0 Å². The van der Waals surface area contributed by atoms with Gasteiger partial charge in [-0.3, -0.25) is 19.7 Å². The van der Waals surface area contributed by atoms with Crippen LogP contribution in [-0.2, 0) is 14.3 Å². The molecule has 25 heavy (non-hydrogen) atoms. The molecule has 1 aromatic heterocycles. The molecule has 0 radical (unpaired) electrons. The fourth-order valence-corrected chi connectivity index (χ4v) is 1.75. The third kappa shape index (κ3) is 5.61. The van der Waals surface area contributed by atoms with E-state index in [0.29, 0.717) is 11.3 Å². The number of carbonyl (C=O) groups excluding carboxylic acids is 4. The highest BCUT2D eigenvalue weighted by Gasteiger charge is 2.14. The number of Topliss-reactive ketones (excluding diaryl/α,β-unsaturated/α-hetero) is 1. The van der Waals surface area contributed by atoms with Crippen LogP contribution in [-0.4, -0.2) is 36.8 Å². The molecule has 0 unspecified atom stereocenters. The molecule has 0 saturated carbocycles. The van der Waals surface area contributed by atoms with Gasteiger partial charge in [0.15, 0.2) is 24.8 Å². The van der Waals surface area contributed by atoms with Gasteiger partial charge in [-0.15, -0.1) is 0 Å². The summed E-state index contributed by atoms with van der Waals surface area (Å²) in [7, 11) is 0. The highest BCUT2D eigenvalue weighted by Crippen LogP contribution is 2.12. The fourth-order valence-electron chi connectivity index (χ4n) is 1.75. The molecule has 1 heterocycles. The minimum Gasteiger partial charge on any atom is -0.482 e. The Morgan fingerprint density at radius 3 is 2.36 bits per heavy atom. The normalized spacial score (nSPS) is 9.96. The lowest BCUT2D eigenvalue weighted by Gasteiger charge is -2.07. The number of esters is 1. The van der Waals surface area contributed by atoms with E-state index in [0.717, 1.165) is 0 Å². The standard InChI is InChI=1S/C17H15NO7/c1-11(19)12-4-6-13(7-5-12)24-10-16(21)25-9-15(20)18-17(22)14-3-2-8-23-14/h2-8H,9-10H2,1H3,(H,18,20,22). The topological polar surface area (TPSA) is 112 Å². The number of benzene rings is 1. The Balaban J connectivity index is 1.70. The summed E-state index contributed by atoms with van der Waals surface area (Å²) in [6.07, 6.45) is 1.29. The van der Waals surface area contributed by atoms with Gasteiger partial charge in [0.1, 0.15) is 5.75 Å². The minimum absolute atomic E-state index is 0.0305. The summed E-state index contributed by atoms with van der Waals surface area (Å²) in [6, 6.07) is 9.10. The first-order valence-electron chi connectivity index (χ1n) is 7.23. The molecule has 2 aromatic rings. The number of hydrogen-bond donors (Lipinski definition) is 1. The smallest absolute Gasteiger partial charge is 0.344 e. The van der Waals surface area contributed by atoms with Crippen LogP contribution in [0.4, 0.5) is 0 Å². The number of ether oxygens (including phenoxy) is 2. The van der Waals surface area contributed by atoms with Gasteiger partial charge < -0.3 is 13.9 Å². The number of furan rings is 1. The molecule has 0 spiro atoms. The van der Waals surface area contributed by atoms with Gasteiger partial charge in [0.25, 0.3) is 11.8 Å². The van der Waals surface area contributed by atoms with Gasteiger partial charge in [-0.1, -0.05) is 0 Å². The van der Waals surface area contributed by atoms with E-state index in [4.69, 9.17) is 13.9 Å². The van der Waals surface area contributed by atoms with E-state index in [1.165, 1.54) is 25.3 Å². The highest BCUT2D eigenvalue weighted by molar-refractivity contribution is 6.03. The molecule has 0 aliphatic heterocycles. The Labute approximate surface area is 142 Å². The summed E-state index contributed by atoms with van der Waals surface area (Å²) in [5, 5.41) is 2.01. The van der Waals surface area contributed by atoms with Crippen LogP contribution in [0.15, 0.2) is 47.1 Å². The van der Waals surface area contributed by atoms with Crippen molar-refractivity contribution in [2.24, 2.45) is 0 Å². The maximum Gasteiger partial charge on any atom is 0.344 e. The van der Waals surface area contributed by atoms with Crippen molar-refractivity contribution < 1.29 is 33.1 Å². The Hall–Kier alpha value is -3.42. The second-order valence-corrected chi connectivity index (χ2v) is 4.88. The lowest BCUT2D eigenvalue weighted by molar-refractivity contribution is -0.150. The minimum atomic E-state index is -0.791. The molecular weight excluding hydrogens is 330 g/mol. The van der Waals surface area contributed by atoms with Crippen LogP contribution in [0, 0.1) is 0 Å². The molecule has 0 saturated heterocycles. The van der Waals surface area contributed by atoms with Crippen molar-refractivity contribution in [3.8, 4) is 5.75 Å². The van der Waals surface area contributed by atoms with E-state index < -0.39 is 31.0 Å². The average Bonchev–Trinajstić information content (AvgIpc) is 3.13. The van der Waals surface area contributed by atoms with E-state index in [-0.39, 0.29) is 11.5 Å². The van der Waals surface area contributed by atoms with E-state index in [2.05, 4.69) is 0 Å². The van der Waals surface area contributed by atoms with Gasteiger partial charge in [0, 0.05) is 5.56 Å². The van der Waals surface area contributed by atoms with Crippen molar-refractivity contribution in [1.82, 2.24) is 5.32 Å². The van der Waals surface area contributed by atoms with E-state index >= 15 is 0 Å². The van der Waals surface area contributed by atoms with Crippen LogP contribution in [0.3, 0.4) is 0 Å². The Bertz CT molecular complexity index is 763. The predicted molar refractivity (Wildman–Crippen MR) is 84.1 cm³/mol. The fraction of sp³-hybridized carbons (Fsp3) is 0.176. The maximum atomic E-state index is 11.5. The lowest BCUT2D eigenvalue weighted by Crippen LogP contribution is -2.34. The number of carbonyl (C=O) groups is 4. The Kier molecular flexibility index (Phi) is 6.05. The summed E-state index contributed by atoms with van der Waals surface area (Å²) in [6.45, 7) is 0.394. The van der Waals surface area contributed by atoms with Crippen LogP contribution in [0.25, 0.3) is 0 Å². The van der Waals surface area contributed by atoms with E-state index in [1.807, 2.05) is 5.32 Å². The molecular formula is C17H15NO7. The number of hydrogen-bond acceptors (Lipinski definition) is 7. The monoisotopic (exact) mass is 345 g/mol. The molecule has 2 rings (SSSR count). The van der Waals surface area contributed by atoms with Crippen LogP contribution in [0.5, 0.6) is 5.75 Å². The van der Waals surface area contributed by atoms with Gasteiger partial charge in [0.2, 0.25) is 0 Å². The van der Waals surface area contributed by atoms with Crippen LogP contribution in [0.2, 0.25) is 0 Å². The molecule has 8 heteroatoms. The van der Waals surface area contributed by atoms with E-state index in [9.17, 15) is 19.2 Å². The Morgan fingerprint density at radius 1 is 1.04 bits per heavy atom. The summed E-state index contributed by atoms with van der Waals surface area (Å²) in [4.78, 5) is 45.7. The Morgan fingerprint density at radius 2 is 1.76 bits per heavy atom. The second kappa shape index (κ2) is 8.44. The number of rotatable bonds is 7. The third-order valence-corrected chi connectivity index (χ3v) is 2.98. The molecule has 0 bridgehead atoms. The van der Waals surface area contributed by atoms with Crippen LogP contribution < -0.4 is 10.1 Å². The number of nitrogens with one attached hydrogen (secondary N) is 1. The summed E-state index contributed by atoms with van der Waals surface area (Å²) in [5.41, 5.74) is 0.521. The molecule has 0 fully saturated rings. The molecule has 0 aliphatic carbocycles. The SMILES string of the molecule is CC(=O)c1ccc(OCC(=O)OCC(=O)NC(=O)c2ccco2)cc1. The van der Waals surface area contributed by atoms with Crippen molar-refractivity contribution in [2.45, 2.75) is 6.92 Å². The number of imide groups is 1. The maximum absolute atomic E-state index is 11.5. The molecule has 130 valence electrons. The quantitative estimate of drug-likeness (QED) is 0.595. The summed E-state index contributed by atoms with van der Waals surface area (Å²) >= 11 is 0. The van der Waals surface area contributed by atoms with Gasteiger partial charge in [-0.05, 0) is 43.3 Å². The van der Waals surface area contributed by atoms with E-state index in [1.54, 1.807) is 24.3 Å². The summed E-state index contributed by atoms with van der Waals surface area (Å²) in [5.74, 6) is -2.04. The molecule has 1 aromatic carbocycles. The zero-order valence-corrected chi connectivity index (χ0v) is 13.3. The summed E-state index contributed by atoms with van der Waals surface area (Å²) < 4.78 is 14.7. The predicted octanol–water partition coefficient (Wildman–Crippen LogP) is 1.36. The lowest BCUT2D eigenvalue weighted by atomic mass is 10.1. The third-order valence-electron chi connectivity index (χ3n) is 2.98. The van der Waals surface area contributed by atoms with Crippen molar-refractivity contribution in [3.63, 3.8) is 0 Å². The average molecular weight is 345 g/mol. The largest absolute Gasteiger partial charge is 0.482 e. The molecule has 0 atom stereocenters. The molecule has 1 N–H and O–H groups in total. The number of ketones is 1. The first kappa shape index (κ1) is 17.9. The molecule has 0 aliphatic rings. The molecule has 8 nitrogen and oxygen atoms in total. The van der Waals surface area contributed by atoms with Gasteiger partial charge in [-0.2, -0.15) is 0 Å². The van der Waals surface area contributed by atoms with Gasteiger partial charge >= 0.3 is 5.97 Å². The van der Waals surface area contributed by atoms with Crippen LogP contribution in [0.1, 0.15) is 27.8 Å². The zero-order chi connectivity index (χ0) is 18.2. The second-order valence-electron chi connectivity index (χ2n) is 4.88. The zero-order valence-electron chi connectivity index (χ0n) is 13.3. The van der Waals surface area contributed by atoms with Gasteiger partial charge in [0.05, 0.1) is 6.26 Å². The van der Waals surface area contributed by atoms with Crippen molar-refractivity contribution >= 4 is 23.6 Å². The van der Waals surface area contributed by atoms with Crippen LogP contribution >= 0.6 is 0 Å². The van der Waals surface area contributed by atoms with Crippen molar-refractivity contribution in [2.75, 3.05) is 13.2 Å². The molecule has 2 amide bonds.